The molecule has 286 valence electrons. The van der Waals surface area contributed by atoms with Gasteiger partial charge < -0.3 is 0 Å². The summed E-state index contributed by atoms with van der Waals surface area (Å²) < 4.78 is 97.2. The fourth-order valence-electron chi connectivity index (χ4n) is 7.94. The van der Waals surface area contributed by atoms with E-state index in [9.17, 15) is 8.78 Å². The molecule has 1 aliphatic carbocycles. The van der Waals surface area contributed by atoms with Gasteiger partial charge in [0.1, 0.15) is 5.41 Å². The molecule has 0 radical (unpaired) electrons. The maximum Gasteiger partial charge on any atom is 0.373 e. The lowest BCUT2D eigenvalue weighted by Crippen LogP contribution is -2.47. The summed E-state index contributed by atoms with van der Waals surface area (Å²) in [5, 5.41) is 3.85. The van der Waals surface area contributed by atoms with Crippen LogP contribution in [0.25, 0.3) is 71.5 Å². The van der Waals surface area contributed by atoms with Crippen molar-refractivity contribution in [3.05, 3.63) is 164 Å². The van der Waals surface area contributed by atoms with E-state index in [-0.39, 0.29) is 5.56 Å². The van der Waals surface area contributed by atoms with Gasteiger partial charge in [0.2, 0.25) is 0 Å². The van der Waals surface area contributed by atoms with Gasteiger partial charge in [0, 0.05) is 69.0 Å². The second-order valence-electron chi connectivity index (χ2n) is 14.1. The van der Waals surface area contributed by atoms with Gasteiger partial charge in [0.25, 0.3) is 0 Å². The Kier molecular flexibility index (Phi) is 8.32. The molecule has 0 bridgehead atoms. The molecule has 1 aliphatic rings. The number of fused-ring (bicyclic) bond motifs is 6. The van der Waals surface area contributed by atoms with Gasteiger partial charge in [0.15, 0.2) is 0 Å². The Bertz CT molecular complexity index is 3050. The number of benzene rings is 4. The fraction of sp³-hybridized carbons (Fsp3) is 0.0870. The SMILES string of the molecule is FC(F)C(F)(F)C(F)(F)C1=Cc2cc(-c3cc4ccccc4s3)sc2C(c2cc3ccccc3s2)(c2cc3ccccc3s2)c2sc(-c3cc4ccccc4s3)cc21. The Morgan fingerprint density at radius 2 is 0.862 bits per heavy atom. The molecule has 0 N–H and O–H groups in total. The number of hydrogen-bond acceptors (Lipinski definition) is 6. The van der Waals surface area contributed by atoms with E-state index in [2.05, 4.69) is 12.1 Å². The molecule has 6 aromatic heterocycles. The van der Waals surface area contributed by atoms with Crippen molar-refractivity contribution in [3.63, 3.8) is 0 Å². The van der Waals surface area contributed by atoms with E-state index >= 15 is 17.6 Å². The Hall–Kier alpha value is -4.56. The predicted octanol–water partition coefficient (Wildman–Crippen LogP) is 16.8. The largest absolute Gasteiger partial charge is 0.373 e. The van der Waals surface area contributed by atoms with E-state index in [4.69, 9.17) is 0 Å². The molecule has 0 fully saturated rings. The third-order valence-electron chi connectivity index (χ3n) is 10.7. The molecule has 0 amide bonds. The van der Waals surface area contributed by atoms with Crippen LogP contribution in [0.5, 0.6) is 0 Å². The minimum Gasteiger partial charge on any atom is -0.203 e. The summed E-state index contributed by atoms with van der Waals surface area (Å²) in [5.74, 6) is -10.9. The molecular formula is C46H24F6S6. The molecule has 12 heteroatoms. The number of thiophene rings is 6. The second kappa shape index (κ2) is 13.2. The summed E-state index contributed by atoms with van der Waals surface area (Å²) >= 11 is 8.79. The highest BCUT2D eigenvalue weighted by Gasteiger charge is 2.66. The van der Waals surface area contributed by atoms with Gasteiger partial charge in [0.05, 0.1) is 0 Å². The van der Waals surface area contributed by atoms with Gasteiger partial charge in [-0.15, -0.1) is 68.0 Å². The topological polar surface area (TPSA) is 0 Å². The summed E-state index contributed by atoms with van der Waals surface area (Å²) in [6, 6.07) is 43.0. The molecule has 0 saturated carbocycles. The summed E-state index contributed by atoms with van der Waals surface area (Å²) in [4.78, 5) is 5.69. The van der Waals surface area contributed by atoms with Crippen molar-refractivity contribution in [2.45, 2.75) is 23.7 Å². The highest BCUT2D eigenvalue weighted by molar-refractivity contribution is 7.28. The lowest BCUT2D eigenvalue weighted by molar-refractivity contribution is -0.236. The number of rotatable bonds is 7. The maximum atomic E-state index is 16.9. The average molecular weight is 883 g/mol. The van der Waals surface area contributed by atoms with Crippen LogP contribution in [0.2, 0.25) is 0 Å². The fourth-order valence-corrected chi connectivity index (χ4v) is 15.9. The van der Waals surface area contributed by atoms with Crippen LogP contribution in [-0.2, 0) is 5.41 Å². The quantitative estimate of drug-likeness (QED) is 0.140. The zero-order valence-electron chi connectivity index (χ0n) is 29.6. The summed E-state index contributed by atoms with van der Waals surface area (Å²) in [6.45, 7) is 0. The average Bonchev–Trinajstić information content (AvgIpc) is 4.08. The molecule has 0 atom stereocenters. The first-order chi connectivity index (χ1) is 28.0. The van der Waals surface area contributed by atoms with Gasteiger partial charge in [-0.2, -0.15) is 17.6 Å². The van der Waals surface area contributed by atoms with Crippen molar-refractivity contribution in [1.29, 1.82) is 0 Å². The van der Waals surface area contributed by atoms with Crippen LogP contribution < -0.4 is 0 Å². The van der Waals surface area contributed by atoms with Crippen LogP contribution in [-0.4, -0.2) is 18.3 Å². The Morgan fingerprint density at radius 1 is 0.448 bits per heavy atom. The van der Waals surface area contributed by atoms with E-state index in [1.807, 2.05) is 109 Å². The molecule has 0 saturated heterocycles. The highest BCUT2D eigenvalue weighted by Crippen LogP contribution is 2.63. The standard InChI is InChI=1S/C46H24F6S6/c47-43(48)46(51,52)45(49,50)30-17-28-20-37(35-18-24-9-1-5-13-31(24)53-35)57-41(28)44(39-21-26-11-3-7-15-33(26)55-39,40-22-27-12-4-8-16-34(27)56-40)42-29(30)23-38(58-42)36-19-25-10-2-6-14-32(25)54-36/h1-23,43H. The molecule has 0 nitrogen and oxygen atoms in total. The van der Waals surface area contributed by atoms with Gasteiger partial charge in [-0.05, 0) is 93.8 Å². The maximum absolute atomic E-state index is 16.9. The number of allylic oxidation sites excluding steroid dienone is 1. The first-order valence-electron chi connectivity index (χ1n) is 18.0. The number of alkyl halides is 6. The minimum atomic E-state index is -5.66. The lowest BCUT2D eigenvalue weighted by Gasteiger charge is -2.33. The highest BCUT2D eigenvalue weighted by atomic mass is 32.1. The lowest BCUT2D eigenvalue weighted by atomic mass is 9.78. The third-order valence-corrected chi connectivity index (χ3v) is 18.3. The van der Waals surface area contributed by atoms with E-state index in [0.717, 1.165) is 70.8 Å². The van der Waals surface area contributed by atoms with Crippen molar-refractivity contribution >= 4 is 120 Å². The molecule has 10 aromatic rings. The molecule has 6 heterocycles. The van der Waals surface area contributed by atoms with E-state index in [1.165, 1.54) is 62.8 Å². The summed E-state index contributed by atoms with van der Waals surface area (Å²) in [5.41, 5.74) is -2.29. The van der Waals surface area contributed by atoms with Crippen LogP contribution in [0, 0.1) is 0 Å². The van der Waals surface area contributed by atoms with Gasteiger partial charge in [-0.25, -0.2) is 8.78 Å². The molecule has 4 aromatic carbocycles. The van der Waals surface area contributed by atoms with Crippen molar-refractivity contribution in [2.24, 2.45) is 0 Å². The van der Waals surface area contributed by atoms with Crippen LogP contribution in [0.3, 0.4) is 0 Å². The van der Waals surface area contributed by atoms with Crippen LogP contribution in [0.4, 0.5) is 26.3 Å². The smallest absolute Gasteiger partial charge is 0.203 e. The summed E-state index contributed by atoms with van der Waals surface area (Å²) in [7, 11) is 0. The molecule has 0 unspecified atom stereocenters. The van der Waals surface area contributed by atoms with Crippen molar-refractivity contribution < 1.29 is 26.3 Å². The normalized spacial score (nSPS) is 14.4. The van der Waals surface area contributed by atoms with E-state index in [0.29, 0.717) is 20.2 Å². The van der Waals surface area contributed by atoms with E-state index < -0.39 is 29.3 Å². The monoisotopic (exact) mass is 882 g/mol. The third kappa shape index (κ3) is 5.35. The van der Waals surface area contributed by atoms with Crippen molar-refractivity contribution in [1.82, 2.24) is 0 Å². The van der Waals surface area contributed by atoms with E-state index in [1.54, 1.807) is 17.4 Å². The number of hydrogen-bond donors (Lipinski definition) is 0. The zero-order chi connectivity index (χ0) is 39.6. The molecule has 11 rings (SSSR count). The predicted molar refractivity (Wildman–Crippen MR) is 237 cm³/mol. The van der Waals surface area contributed by atoms with Gasteiger partial charge in [-0.1, -0.05) is 72.8 Å². The zero-order valence-corrected chi connectivity index (χ0v) is 34.5. The van der Waals surface area contributed by atoms with Crippen LogP contribution in [0.1, 0.15) is 30.6 Å². The molecule has 0 aliphatic heterocycles. The Balaban J connectivity index is 1.31. The van der Waals surface area contributed by atoms with Crippen LogP contribution >= 0.6 is 68.0 Å². The van der Waals surface area contributed by atoms with Gasteiger partial charge >= 0.3 is 18.3 Å². The Labute approximate surface area is 351 Å². The molecular weight excluding hydrogens is 859 g/mol. The molecule has 58 heavy (non-hydrogen) atoms. The van der Waals surface area contributed by atoms with Crippen LogP contribution in [0.15, 0.2) is 133 Å². The van der Waals surface area contributed by atoms with Gasteiger partial charge in [-0.3, -0.25) is 0 Å². The Morgan fingerprint density at radius 3 is 1.33 bits per heavy atom. The van der Waals surface area contributed by atoms with Crippen molar-refractivity contribution in [2.75, 3.05) is 0 Å². The first-order valence-corrected chi connectivity index (χ1v) is 22.9. The second-order valence-corrected chi connectivity index (χ2v) is 20.6. The first kappa shape index (κ1) is 36.5. The van der Waals surface area contributed by atoms with Crippen molar-refractivity contribution in [3.8, 4) is 19.5 Å². The summed E-state index contributed by atoms with van der Waals surface area (Å²) in [6.07, 6.45) is -3.54. The number of halogens is 6. The molecule has 0 spiro atoms. The minimum absolute atomic E-state index is 0.162.